The van der Waals surface area contributed by atoms with Gasteiger partial charge in [0, 0.05) is 0 Å². The SMILES string of the molecule is CCc1ccc(Cl)c(C(=O)C(=O)OC)c1Cl. The molecule has 1 aromatic rings. The first kappa shape index (κ1) is 13.0. The molecule has 0 amide bonds. The summed E-state index contributed by atoms with van der Waals surface area (Å²) in [4.78, 5) is 22.8. The van der Waals surface area contributed by atoms with E-state index in [1.54, 1.807) is 12.1 Å². The zero-order chi connectivity index (χ0) is 12.3. The Kier molecular flexibility index (Phi) is 4.33. The van der Waals surface area contributed by atoms with Crippen LogP contribution in [0.2, 0.25) is 10.0 Å². The van der Waals surface area contributed by atoms with Gasteiger partial charge < -0.3 is 4.74 Å². The maximum Gasteiger partial charge on any atom is 0.379 e. The molecule has 0 N–H and O–H groups in total. The van der Waals surface area contributed by atoms with E-state index in [1.807, 2.05) is 6.92 Å². The van der Waals surface area contributed by atoms with Crippen molar-refractivity contribution in [2.45, 2.75) is 13.3 Å². The molecule has 0 unspecified atom stereocenters. The highest BCUT2D eigenvalue weighted by molar-refractivity contribution is 6.49. The second-order valence-electron chi connectivity index (χ2n) is 3.07. The molecule has 1 rings (SSSR count). The number of halogens is 2. The van der Waals surface area contributed by atoms with E-state index in [0.717, 1.165) is 12.7 Å². The predicted octanol–water partition coefficient (Wildman–Crippen LogP) is 2.91. The van der Waals surface area contributed by atoms with E-state index in [4.69, 9.17) is 23.2 Å². The van der Waals surface area contributed by atoms with Gasteiger partial charge in [-0.2, -0.15) is 0 Å². The molecule has 0 saturated heterocycles. The number of hydrogen-bond donors (Lipinski definition) is 0. The Morgan fingerprint density at radius 1 is 1.31 bits per heavy atom. The highest BCUT2D eigenvalue weighted by Crippen LogP contribution is 2.29. The van der Waals surface area contributed by atoms with E-state index in [2.05, 4.69) is 4.74 Å². The fourth-order valence-corrected chi connectivity index (χ4v) is 1.95. The molecule has 16 heavy (non-hydrogen) atoms. The summed E-state index contributed by atoms with van der Waals surface area (Å²) in [5.74, 6) is -1.80. The Hall–Kier alpha value is -1.06. The Labute approximate surface area is 103 Å². The lowest BCUT2D eigenvalue weighted by Crippen LogP contribution is -2.17. The molecule has 0 fully saturated rings. The van der Waals surface area contributed by atoms with Gasteiger partial charge in [-0.3, -0.25) is 4.79 Å². The number of Topliss-reactive ketones (excluding diaryl/α,β-unsaturated/α-hetero) is 1. The van der Waals surface area contributed by atoms with Crippen LogP contribution < -0.4 is 0 Å². The van der Waals surface area contributed by atoms with Gasteiger partial charge in [0.05, 0.1) is 22.7 Å². The van der Waals surface area contributed by atoms with Crippen molar-refractivity contribution >= 4 is 35.0 Å². The molecule has 0 aromatic heterocycles. The lowest BCUT2D eigenvalue weighted by Gasteiger charge is -2.08. The smallest absolute Gasteiger partial charge is 0.379 e. The molecule has 5 heteroatoms. The first-order valence-corrected chi connectivity index (χ1v) is 5.38. The molecule has 0 aliphatic rings. The summed E-state index contributed by atoms with van der Waals surface area (Å²) in [5.41, 5.74) is 0.771. The first-order valence-electron chi connectivity index (χ1n) is 4.62. The zero-order valence-electron chi connectivity index (χ0n) is 8.84. The Balaban J connectivity index is 3.32. The summed E-state index contributed by atoms with van der Waals surface area (Å²) in [7, 11) is 1.13. The van der Waals surface area contributed by atoms with Crippen molar-refractivity contribution in [2.24, 2.45) is 0 Å². The maximum atomic E-state index is 11.6. The quantitative estimate of drug-likeness (QED) is 0.477. The van der Waals surface area contributed by atoms with Crippen LogP contribution in [0.1, 0.15) is 22.8 Å². The topological polar surface area (TPSA) is 43.4 Å². The Bertz CT molecular complexity index is 441. The number of rotatable bonds is 3. The number of methoxy groups -OCH3 is 1. The number of ketones is 1. The molecule has 0 spiro atoms. The molecule has 0 radical (unpaired) electrons. The summed E-state index contributed by atoms with van der Waals surface area (Å²) in [5, 5.41) is 0.364. The Morgan fingerprint density at radius 2 is 1.94 bits per heavy atom. The Morgan fingerprint density at radius 3 is 2.44 bits per heavy atom. The van der Waals surface area contributed by atoms with Crippen molar-refractivity contribution in [3.05, 3.63) is 33.3 Å². The van der Waals surface area contributed by atoms with Crippen molar-refractivity contribution in [1.82, 2.24) is 0 Å². The average molecular weight is 261 g/mol. The number of ether oxygens (including phenoxy) is 1. The monoisotopic (exact) mass is 260 g/mol. The van der Waals surface area contributed by atoms with Gasteiger partial charge in [0.15, 0.2) is 0 Å². The van der Waals surface area contributed by atoms with E-state index in [1.165, 1.54) is 0 Å². The summed E-state index contributed by atoms with van der Waals surface area (Å²) >= 11 is 11.8. The molecule has 0 bridgehead atoms. The van der Waals surface area contributed by atoms with Gasteiger partial charge in [0.2, 0.25) is 0 Å². The van der Waals surface area contributed by atoms with Crippen LogP contribution >= 0.6 is 23.2 Å². The number of aryl methyl sites for hydroxylation is 1. The third kappa shape index (κ3) is 2.36. The van der Waals surface area contributed by atoms with Crippen LogP contribution in [-0.2, 0) is 16.0 Å². The molecule has 86 valence electrons. The first-order chi connectivity index (χ1) is 7.52. The summed E-state index contributed by atoms with van der Waals surface area (Å²) in [6.07, 6.45) is 0.650. The van der Waals surface area contributed by atoms with Gasteiger partial charge in [-0.05, 0) is 18.1 Å². The van der Waals surface area contributed by atoms with E-state index in [-0.39, 0.29) is 15.6 Å². The summed E-state index contributed by atoms with van der Waals surface area (Å²) in [6.45, 7) is 1.89. The maximum absolute atomic E-state index is 11.6. The largest absolute Gasteiger partial charge is 0.463 e. The van der Waals surface area contributed by atoms with Crippen LogP contribution in [0.5, 0.6) is 0 Å². The van der Waals surface area contributed by atoms with Gasteiger partial charge in [-0.1, -0.05) is 36.2 Å². The number of esters is 1. The second-order valence-corrected chi connectivity index (χ2v) is 3.85. The van der Waals surface area contributed by atoms with Crippen LogP contribution in [0.4, 0.5) is 0 Å². The second kappa shape index (κ2) is 5.32. The minimum atomic E-state index is -0.975. The standard InChI is InChI=1S/C11H10Cl2O3/c1-3-6-4-5-7(12)8(9(6)13)10(14)11(15)16-2/h4-5H,3H2,1-2H3. The highest BCUT2D eigenvalue weighted by atomic mass is 35.5. The fourth-order valence-electron chi connectivity index (χ4n) is 1.27. The minimum absolute atomic E-state index is 0.00883. The van der Waals surface area contributed by atoms with Crippen LogP contribution in [0.15, 0.2) is 12.1 Å². The fraction of sp³-hybridized carbons (Fsp3) is 0.273. The molecule has 0 heterocycles. The van der Waals surface area contributed by atoms with Gasteiger partial charge in [0.1, 0.15) is 0 Å². The number of benzene rings is 1. The number of carbonyl (C=O) groups is 2. The third-order valence-electron chi connectivity index (χ3n) is 2.15. The van der Waals surface area contributed by atoms with Gasteiger partial charge in [-0.15, -0.1) is 0 Å². The van der Waals surface area contributed by atoms with Gasteiger partial charge >= 0.3 is 5.97 Å². The normalized spacial score (nSPS) is 10.0. The van der Waals surface area contributed by atoms with Crippen molar-refractivity contribution in [1.29, 1.82) is 0 Å². The van der Waals surface area contributed by atoms with Crippen LogP contribution in [0.25, 0.3) is 0 Å². The highest BCUT2D eigenvalue weighted by Gasteiger charge is 2.23. The van der Waals surface area contributed by atoms with E-state index in [9.17, 15) is 9.59 Å². The zero-order valence-corrected chi connectivity index (χ0v) is 10.4. The van der Waals surface area contributed by atoms with Crippen molar-refractivity contribution in [2.75, 3.05) is 7.11 Å². The van der Waals surface area contributed by atoms with Gasteiger partial charge in [-0.25, -0.2) is 4.79 Å². The summed E-state index contributed by atoms with van der Waals surface area (Å²) < 4.78 is 4.34. The average Bonchev–Trinajstić information content (AvgIpc) is 2.28. The van der Waals surface area contributed by atoms with E-state index < -0.39 is 11.8 Å². The lowest BCUT2D eigenvalue weighted by atomic mass is 10.1. The molecule has 0 saturated carbocycles. The molecule has 0 aliphatic heterocycles. The number of carbonyl (C=O) groups excluding carboxylic acids is 2. The van der Waals surface area contributed by atoms with Crippen LogP contribution in [0.3, 0.4) is 0 Å². The molecule has 1 aromatic carbocycles. The van der Waals surface area contributed by atoms with Crippen molar-refractivity contribution in [3.63, 3.8) is 0 Å². The van der Waals surface area contributed by atoms with Crippen molar-refractivity contribution in [3.8, 4) is 0 Å². The predicted molar refractivity (Wildman–Crippen MR) is 62.2 cm³/mol. The van der Waals surface area contributed by atoms with Crippen molar-refractivity contribution < 1.29 is 14.3 Å². The van der Waals surface area contributed by atoms with E-state index >= 15 is 0 Å². The molecule has 0 aliphatic carbocycles. The molecular formula is C11H10Cl2O3. The summed E-state index contributed by atoms with van der Waals surface area (Å²) in [6, 6.07) is 3.27. The minimum Gasteiger partial charge on any atom is -0.463 e. The third-order valence-corrected chi connectivity index (χ3v) is 2.90. The molecular weight excluding hydrogens is 251 g/mol. The van der Waals surface area contributed by atoms with Gasteiger partial charge in [0.25, 0.3) is 5.78 Å². The molecule has 3 nitrogen and oxygen atoms in total. The van der Waals surface area contributed by atoms with Crippen LogP contribution in [0, 0.1) is 0 Å². The number of hydrogen-bond acceptors (Lipinski definition) is 3. The van der Waals surface area contributed by atoms with E-state index in [0.29, 0.717) is 6.42 Å². The lowest BCUT2D eigenvalue weighted by molar-refractivity contribution is -0.135. The molecule has 0 atom stereocenters. The van der Waals surface area contributed by atoms with Crippen LogP contribution in [-0.4, -0.2) is 18.9 Å².